The van der Waals surface area contributed by atoms with E-state index in [1.54, 1.807) is 24.3 Å². The van der Waals surface area contributed by atoms with Gasteiger partial charge in [-0.15, -0.1) is 0 Å². The molecular formula is C14H16O4. The molecule has 0 saturated heterocycles. The lowest BCUT2D eigenvalue weighted by Crippen LogP contribution is -2.37. The van der Waals surface area contributed by atoms with Crippen molar-refractivity contribution in [1.29, 1.82) is 0 Å². The number of fused-ring (bicyclic) bond motifs is 1. The molecule has 0 amide bonds. The van der Waals surface area contributed by atoms with E-state index in [1.807, 2.05) is 13.8 Å². The van der Waals surface area contributed by atoms with Crippen LogP contribution in [0, 0.1) is 5.92 Å². The zero-order valence-electron chi connectivity index (χ0n) is 10.7. The first-order valence-electron chi connectivity index (χ1n) is 5.96. The molecular weight excluding hydrogens is 232 g/mol. The molecule has 0 spiro atoms. The van der Waals surface area contributed by atoms with Crippen molar-refractivity contribution in [3.8, 4) is 0 Å². The van der Waals surface area contributed by atoms with Gasteiger partial charge in [-0.1, -0.05) is 38.1 Å². The second kappa shape index (κ2) is 4.90. The summed E-state index contributed by atoms with van der Waals surface area (Å²) in [6.45, 7) is 5.13. The Hall–Kier alpha value is -1.68. The molecule has 0 saturated carbocycles. The van der Waals surface area contributed by atoms with E-state index in [2.05, 4.69) is 0 Å². The van der Waals surface area contributed by atoms with Gasteiger partial charge in [-0.3, -0.25) is 9.59 Å². The smallest absolute Gasteiger partial charge is 0.305 e. The molecule has 4 heteroatoms. The summed E-state index contributed by atoms with van der Waals surface area (Å²) in [6, 6.07) is 7.08. The zero-order valence-corrected chi connectivity index (χ0v) is 10.7. The van der Waals surface area contributed by atoms with Crippen LogP contribution in [-0.4, -0.2) is 17.9 Å². The lowest BCUT2D eigenvalue weighted by molar-refractivity contribution is -0.191. The van der Waals surface area contributed by atoms with Crippen LogP contribution < -0.4 is 0 Å². The molecule has 4 nitrogen and oxygen atoms in total. The molecule has 2 rings (SSSR count). The fourth-order valence-corrected chi connectivity index (χ4v) is 2.05. The SMILES string of the molecule is CC(=O)O[C@H]1OC(C(C)C)C(=O)c2ccccc21. The normalized spacial score (nSPS) is 22.8. The first-order valence-corrected chi connectivity index (χ1v) is 5.96. The number of rotatable bonds is 2. The molecule has 96 valence electrons. The minimum atomic E-state index is -0.788. The van der Waals surface area contributed by atoms with Crippen LogP contribution in [0.4, 0.5) is 0 Å². The molecule has 0 radical (unpaired) electrons. The van der Waals surface area contributed by atoms with Gasteiger partial charge in [-0.25, -0.2) is 0 Å². The average molecular weight is 248 g/mol. The van der Waals surface area contributed by atoms with E-state index in [1.165, 1.54) is 6.92 Å². The Morgan fingerprint density at radius 3 is 2.61 bits per heavy atom. The molecule has 0 bridgehead atoms. The Balaban J connectivity index is 2.41. The highest BCUT2D eigenvalue weighted by atomic mass is 16.7. The van der Waals surface area contributed by atoms with E-state index in [0.717, 1.165) is 0 Å². The van der Waals surface area contributed by atoms with Crippen molar-refractivity contribution < 1.29 is 19.1 Å². The summed E-state index contributed by atoms with van der Waals surface area (Å²) < 4.78 is 10.7. The minimum Gasteiger partial charge on any atom is -0.431 e. The van der Waals surface area contributed by atoms with Crippen molar-refractivity contribution in [1.82, 2.24) is 0 Å². The summed E-state index contributed by atoms with van der Waals surface area (Å²) in [5, 5.41) is 0. The number of ketones is 1. The summed E-state index contributed by atoms with van der Waals surface area (Å²) in [5.74, 6) is -0.445. The summed E-state index contributed by atoms with van der Waals surface area (Å²) in [4.78, 5) is 23.3. The Morgan fingerprint density at radius 2 is 2.00 bits per heavy atom. The van der Waals surface area contributed by atoms with Gasteiger partial charge < -0.3 is 9.47 Å². The molecule has 1 unspecified atom stereocenters. The molecule has 18 heavy (non-hydrogen) atoms. The van der Waals surface area contributed by atoms with Crippen LogP contribution in [0.3, 0.4) is 0 Å². The highest BCUT2D eigenvalue weighted by Crippen LogP contribution is 2.33. The van der Waals surface area contributed by atoms with E-state index in [0.29, 0.717) is 11.1 Å². The first-order chi connectivity index (χ1) is 8.50. The minimum absolute atomic E-state index is 0.0314. The van der Waals surface area contributed by atoms with Gasteiger partial charge in [-0.2, -0.15) is 0 Å². The van der Waals surface area contributed by atoms with Gasteiger partial charge in [0, 0.05) is 18.1 Å². The predicted octanol–water partition coefficient (Wildman–Crippen LogP) is 2.49. The van der Waals surface area contributed by atoms with Crippen molar-refractivity contribution >= 4 is 11.8 Å². The number of carbonyl (C=O) groups excluding carboxylic acids is 2. The number of benzene rings is 1. The molecule has 0 fully saturated rings. The van der Waals surface area contributed by atoms with Crippen LogP contribution in [0.25, 0.3) is 0 Å². The van der Waals surface area contributed by atoms with Crippen molar-refractivity contribution in [2.75, 3.05) is 0 Å². The van der Waals surface area contributed by atoms with Crippen LogP contribution in [0.1, 0.15) is 43.0 Å². The molecule has 1 aliphatic rings. The fourth-order valence-electron chi connectivity index (χ4n) is 2.05. The average Bonchev–Trinajstić information content (AvgIpc) is 2.32. The van der Waals surface area contributed by atoms with E-state index >= 15 is 0 Å². The van der Waals surface area contributed by atoms with Crippen LogP contribution in [-0.2, 0) is 14.3 Å². The topological polar surface area (TPSA) is 52.6 Å². The largest absolute Gasteiger partial charge is 0.431 e. The van der Waals surface area contributed by atoms with Gasteiger partial charge in [0.2, 0.25) is 6.29 Å². The number of Topliss-reactive ketones (excluding diaryl/α,β-unsaturated/α-hetero) is 1. The summed E-state index contributed by atoms with van der Waals surface area (Å²) in [5.41, 5.74) is 1.20. The quantitative estimate of drug-likeness (QED) is 0.754. The van der Waals surface area contributed by atoms with Gasteiger partial charge in [0.15, 0.2) is 5.78 Å². The highest BCUT2D eigenvalue weighted by Gasteiger charge is 2.37. The van der Waals surface area contributed by atoms with Crippen molar-refractivity contribution in [2.45, 2.75) is 33.2 Å². The maximum absolute atomic E-state index is 12.2. The van der Waals surface area contributed by atoms with E-state index in [9.17, 15) is 9.59 Å². The van der Waals surface area contributed by atoms with Crippen LogP contribution in [0.2, 0.25) is 0 Å². The lowest BCUT2D eigenvalue weighted by Gasteiger charge is -2.32. The predicted molar refractivity (Wildman–Crippen MR) is 65.0 cm³/mol. The van der Waals surface area contributed by atoms with Crippen LogP contribution >= 0.6 is 0 Å². The van der Waals surface area contributed by atoms with E-state index in [4.69, 9.17) is 9.47 Å². The molecule has 1 aromatic carbocycles. The number of hydrogen-bond donors (Lipinski definition) is 0. The van der Waals surface area contributed by atoms with Crippen molar-refractivity contribution in [3.05, 3.63) is 35.4 Å². The molecule has 0 aromatic heterocycles. The Bertz CT molecular complexity index is 478. The lowest BCUT2D eigenvalue weighted by atomic mass is 9.91. The van der Waals surface area contributed by atoms with Gasteiger partial charge >= 0.3 is 5.97 Å². The van der Waals surface area contributed by atoms with Gasteiger partial charge in [0.05, 0.1) is 0 Å². The molecule has 1 aliphatic heterocycles. The molecule has 1 aromatic rings. The maximum Gasteiger partial charge on any atom is 0.305 e. The third-order valence-electron chi connectivity index (χ3n) is 2.89. The summed E-state index contributed by atoms with van der Waals surface area (Å²) in [6.07, 6.45) is -1.35. The Kier molecular flexibility index (Phi) is 3.48. The molecule has 0 N–H and O–H groups in total. The number of carbonyl (C=O) groups is 2. The van der Waals surface area contributed by atoms with Gasteiger partial charge in [0.1, 0.15) is 6.10 Å². The summed E-state index contributed by atoms with van der Waals surface area (Å²) in [7, 11) is 0. The molecule has 0 aliphatic carbocycles. The monoisotopic (exact) mass is 248 g/mol. The fraction of sp³-hybridized carbons (Fsp3) is 0.429. The van der Waals surface area contributed by atoms with E-state index < -0.39 is 18.4 Å². The molecule has 1 heterocycles. The third-order valence-corrected chi connectivity index (χ3v) is 2.89. The van der Waals surface area contributed by atoms with Crippen LogP contribution in [0.5, 0.6) is 0 Å². The Labute approximate surface area is 106 Å². The van der Waals surface area contributed by atoms with Crippen molar-refractivity contribution in [2.24, 2.45) is 5.92 Å². The maximum atomic E-state index is 12.2. The molecule has 2 atom stereocenters. The second-order valence-electron chi connectivity index (χ2n) is 4.69. The first kappa shape index (κ1) is 12.8. The highest BCUT2D eigenvalue weighted by molar-refractivity contribution is 6.01. The third kappa shape index (κ3) is 2.29. The van der Waals surface area contributed by atoms with Gasteiger partial charge in [0.25, 0.3) is 0 Å². The zero-order chi connectivity index (χ0) is 13.3. The standard InChI is InChI=1S/C14H16O4/c1-8(2)13-12(16)10-6-4-5-7-11(10)14(18-13)17-9(3)15/h4-8,13-14H,1-3H3/t13?,14-/m0/s1. The van der Waals surface area contributed by atoms with Crippen LogP contribution in [0.15, 0.2) is 24.3 Å². The Morgan fingerprint density at radius 1 is 1.33 bits per heavy atom. The number of hydrogen-bond acceptors (Lipinski definition) is 4. The summed E-state index contributed by atoms with van der Waals surface area (Å²) >= 11 is 0. The number of esters is 1. The van der Waals surface area contributed by atoms with Gasteiger partial charge in [-0.05, 0) is 5.92 Å². The number of ether oxygens (including phenoxy) is 2. The van der Waals surface area contributed by atoms with Crippen molar-refractivity contribution in [3.63, 3.8) is 0 Å². The van der Waals surface area contributed by atoms with E-state index in [-0.39, 0.29) is 11.7 Å². The second-order valence-corrected chi connectivity index (χ2v) is 4.69.